The number of aromatic amines is 1. The smallest absolute Gasteiger partial charge is 0.338 e. The van der Waals surface area contributed by atoms with Gasteiger partial charge in [-0.3, -0.25) is 19.1 Å². The fourth-order valence-corrected chi connectivity index (χ4v) is 9.17. The molecule has 0 saturated carbocycles. The molecule has 6 atom stereocenters. The number of nitrogens with zero attached hydrogens (tertiary/aromatic N) is 4. The summed E-state index contributed by atoms with van der Waals surface area (Å²) in [5, 5.41) is 3.64. The van der Waals surface area contributed by atoms with Crippen LogP contribution in [-0.4, -0.2) is 85.9 Å². The number of H-pyrrole nitrogens is 1. The maximum absolute atomic E-state index is 14.0. The van der Waals surface area contributed by atoms with Crippen LogP contribution >= 0.6 is 0 Å². The molecule has 3 aliphatic rings. The quantitative estimate of drug-likeness (QED) is 0.112. The summed E-state index contributed by atoms with van der Waals surface area (Å²) in [5.74, 6) is -1.06. The molecule has 1 amide bonds. The normalized spacial score (nSPS) is 23.9. The molecule has 2 aromatic heterocycles. The van der Waals surface area contributed by atoms with Gasteiger partial charge in [0.05, 0.1) is 19.5 Å². The van der Waals surface area contributed by atoms with Crippen molar-refractivity contribution in [1.29, 1.82) is 0 Å². The van der Waals surface area contributed by atoms with Crippen LogP contribution in [0.4, 0.5) is 5.95 Å². The lowest BCUT2D eigenvalue weighted by Gasteiger charge is -2.37. The molecule has 0 radical (unpaired) electrons. The van der Waals surface area contributed by atoms with E-state index >= 15 is 0 Å². The van der Waals surface area contributed by atoms with E-state index in [-0.39, 0.29) is 29.6 Å². The number of fused-ring (bicyclic) bond motifs is 2. The number of rotatable bonds is 11. The van der Waals surface area contributed by atoms with E-state index in [1.54, 1.807) is 44.3 Å². The first kappa shape index (κ1) is 41.0. The lowest BCUT2D eigenvalue weighted by atomic mass is 9.77. The highest BCUT2D eigenvalue weighted by Gasteiger charge is 2.58. The van der Waals surface area contributed by atoms with Gasteiger partial charge in [-0.15, -0.1) is 0 Å². The summed E-state index contributed by atoms with van der Waals surface area (Å²) in [5.41, 5.74) is 1.09. The van der Waals surface area contributed by atoms with Gasteiger partial charge in [-0.2, -0.15) is 4.98 Å². The Kier molecular flexibility index (Phi) is 10.5. The summed E-state index contributed by atoms with van der Waals surface area (Å²) in [6.45, 7) is 8.32. The van der Waals surface area contributed by atoms with Gasteiger partial charge in [0.2, 0.25) is 11.9 Å². The van der Waals surface area contributed by atoms with Crippen LogP contribution in [0.15, 0.2) is 126 Å². The lowest BCUT2D eigenvalue weighted by molar-refractivity contribution is -0.203. The molecular weight excluding hydrogens is 793 g/mol. The number of amides is 1. The number of nitrogens with one attached hydrogen (secondary N) is 2. The number of esters is 1. The van der Waals surface area contributed by atoms with Crippen molar-refractivity contribution >= 4 is 29.0 Å². The third-order valence-corrected chi connectivity index (χ3v) is 11.7. The average Bonchev–Trinajstić information content (AvgIpc) is 4.01. The van der Waals surface area contributed by atoms with Crippen LogP contribution in [0.5, 0.6) is 5.75 Å². The Balaban J connectivity index is 1.05. The number of hydrogen-bond donors (Lipinski definition) is 2. The first-order valence-corrected chi connectivity index (χ1v) is 20.5. The summed E-state index contributed by atoms with van der Waals surface area (Å²) in [6, 6.07) is 36.1. The number of aromatic nitrogens is 4. The maximum Gasteiger partial charge on any atom is 0.338 e. The van der Waals surface area contributed by atoms with Crippen LogP contribution < -0.4 is 15.6 Å². The average molecular weight is 841 g/mol. The van der Waals surface area contributed by atoms with E-state index in [2.05, 4.69) is 15.3 Å². The number of anilines is 1. The molecule has 62 heavy (non-hydrogen) atoms. The molecule has 3 aliphatic heterocycles. The van der Waals surface area contributed by atoms with Crippen LogP contribution in [0.3, 0.4) is 0 Å². The van der Waals surface area contributed by atoms with Gasteiger partial charge in [-0.25, -0.2) is 9.78 Å². The summed E-state index contributed by atoms with van der Waals surface area (Å²) in [7, 11) is 1.62. The number of carbonyl (C=O) groups excluding carboxylic acids is 2. The third-order valence-electron chi connectivity index (χ3n) is 11.7. The zero-order valence-corrected chi connectivity index (χ0v) is 35.2. The van der Waals surface area contributed by atoms with Crippen LogP contribution in [-0.2, 0) is 38.8 Å². The van der Waals surface area contributed by atoms with Crippen LogP contribution in [0.25, 0.3) is 11.2 Å². The number of imidazole rings is 1. The molecule has 9 rings (SSSR count). The number of benzene rings is 4. The van der Waals surface area contributed by atoms with Crippen LogP contribution in [0.2, 0.25) is 0 Å². The number of ether oxygens (including phenoxy) is 6. The van der Waals surface area contributed by atoms with E-state index in [0.29, 0.717) is 5.75 Å². The third kappa shape index (κ3) is 7.19. The molecule has 0 aliphatic carbocycles. The zero-order chi connectivity index (χ0) is 43.4. The molecule has 3 fully saturated rings. The summed E-state index contributed by atoms with van der Waals surface area (Å²) >= 11 is 0. The second-order valence-electron chi connectivity index (χ2n) is 16.6. The monoisotopic (exact) mass is 840 g/mol. The van der Waals surface area contributed by atoms with Gasteiger partial charge in [0.25, 0.3) is 5.56 Å². The highest BCUT2D eigenvalue weighted by molar-refractivity contribution is 5.81. The second-order valence-corrected chi connectivity index (χ2v) is 16.6. The van der Waals surface area contributed by atoms with Gasteiger partial charge >= 0.3 is 5.97 Å². The standard InChI is InChI=1S/C47H48N6O9/c1-28(54)53-36(29-16-10-7-11-17-29)38(60-45(53,2)3)43(56)58-26-34-37-39(62-46(4,5)61-37)42(59-34)52-27-48-35-40(52)49-44(50-41(35)55)51-47(30-18-12-8-13-19-30,31-20-14-9-15-21-31)32-22-24-33(57-6)25-23-32/h7-25,27,34,36-39,42H,26H2,1-6H3,(H2,49,50,51,55)/t34-,36+,37-,38-,39-,42-/m1/s1. The molecule has 15 nitrogen and oxygen atoms in total. The summed E-state index contributed by atoms with van der Waals surface area (Å²) < 4.78 is 38.8. The predicted octanol–water partition coefficient (Wildman–Crippen LogP) is 6.22. The van der Waals surface area contributed by atoms with E-state index < -0.39 is 65.3 Å². The molecule has 0 bridgehead atoms. The highest BCUT2D eigenvalue weighted by Crippen LogP contribution is 2.46. The molecule has 2 N–H and O–H groups in total. The largest absolute Gasteiger partial charge is 0.497 e. The van der Waals surface area contributed by atoms with Gasteiger partial charge in [0.15, 0.2) is 29.3 Å². The Morgan fingerprint density at radius 3 is 2.03 bits per heavy atom. The van der Waals surface area contributed by atoms with E-state index in [1.165, 1.54) is 13.3 Å². The van der Waals surface area contributed by atoms with E-state index in [4.69, 9.17) is 33.4 Å². The molecule has 4 aromatic carbocycles. The molecular formula is C47H48N6O9. The van der Waals surface area contributed by atoms with Crippen molar-refractivity contribution in [2.45, 2.75) is 88.4 Å². The molecule has 3 saturated heterocycles. The minimum atomic E-state index is -1.11. The number of carbonyl (C=O) groups is 2. The van der Waals surface area contributed by atoms with Crippen LogP contribution in [0, 0.1) is 0 Å². The van der Waals surface area contributed by atoms with E-state index in [0.717, 1.165) is 22.3 Å². The Bertz CT molecular complexity index is 2600. The van der Waals surface area contributed by atoms with Crippen molar-refractivity contribution in [1.82, 2.24) is 24.4 Å². The van der Waals surface area contributed by atoms with Gasteiger partial charge in [0, 0.05) is 6.92 Å². The molecule has 320 valence electrons. The zero-order valence-electron chi connectivity index (χ0n) is 35.2. The van der Waals surface area contributed by atoms with Gasteiger partial charge in [-0.05, 0) is 62.1 Å². The van der Waals surface area contributed by atoms with Gasteiger partial charge in [-0.1, -0.05) is 103 Å². The molecule has 6 aromatic rings. The maximum atomic E-state index is 14.0. The van der Waals surface area contributed by atoms with Crippen molar-refractivity contribution < 1.29 is 38.0 Å². The van der Waals surface area contributed by atoms with Crippen molar-refractivity contribution in [3.05, 3.63) is 154 Å². The number of hydrogen-bond acceptors (Lipinski definition) is 12. The van der Waals surface area contributed by atoms with Gasteiger partial charge < -0.3 is 38.6 Å². The lowest BCUT2D eigenvalue weighted by Crippen LogP contribution is -2.43. The van der Waals surface area contributed by atoms with Crippen molar-refractivity contribution in [2.75, 3.05) is 19.0 Å². The highest BCUT2D eigenvalue weighted by atomic mass is 16.8. The van der Waals surface area contributed by atoms with Crippen molar-refractivity contribution in [3.8, 4) is 5.75 Å². The van der Waals surface area contributed by atoms with E-state index in [1.807, 2.05) is 115 Å². The fourth-order valence-electron chi connectivity index (χ4n) is 9.17. The van der Waals surface area contributed by atoms with Crippen molar-refractivity contribution in [2.24, 2.45) is 0 Å². The summed E-state index contributed by atoms with van der Waals surface area (Å²) in [6.07, 6.45) is -2.71. The minimum absolute atomic E-state index is 0.0844. The minimum Gasteiger partial charge on any atom is -0.497 e. The molecule has 5 heterocycles. The topological polar surface area (TPSA) is 168 Å². The fraction of sp³-hybridized carbons (Fsp3) is 0.340. The Morgan fingerprint density at radius 2 is 1.42 bits per heavy atom. The Labute approximate surface area is 357 Å². The second kappa shape index (κ2) is 15.8. The summed E-state index contributed by atoms with van der Waals surface area (Å²) in [4.78, 5) is 54.8. The molecule has 15 heteroatoms. The molecule has 0 spiro atoms. The Morgan fingerprint density at radius 1 is 0.823 bits per heavy atom. The first-order valence-electron chi connectivity index (χ1n) is 20.5. The molecule has 0 unspecified atom stereocenters. The first-order chi connectivity index (χ1) is 29.8. The SMILES string of the molecule is COc1ccc(C(Nc2nc3c(ncn3[C@@H]3O[C@H](COC(=O)[C@@H]4OC(C)(C)N(C(C)=O)[C@H]4c4ccccc4)[C@H]4OC(C)(C)O[C@H]43)c(=O)[nH]2)(c2ccccc2)c2ccccc2)cc1. The number of methoxy groups -OCH3 is 1. The van der Waals surface area contributed by atoms with Gasteiger partial charge in [0.1, 0.15) is 41.9 Å². The van der Waals surface area contributed by atoms with E-state index in [9.17, 15) is 14.4 Å². The van der Waals surface area contributed by atoms with Crippen molar-refractivity contribution in [3.63, 3.8) is 0 Å². The predicted molar refractivity (Wildman–Crippen MR) is 227 cm³/mol. The Hall–Kier alpha value is -6.39. The van der Waals surface area contributed by atoms with Crippen LogP contribution in [0.1, 0.15) is 69.1 Å².